The molecule has 18 heavy (non-hydrogen) atoms. The van der Waals surface area contributed by atoms with E-state index in [-0.39, 0.29) is 5.75 Å². The van der Waals surface area contributed by atoms with E-state index in [0.717, 1.165) is 0 Å². The molecule has 0 aromatic heterocycles. The van der Waals surface area contributed by atoms with Crippen LogP contribution in [0.25, 0.3) is 0 Å². The van der Waals surface area contributed by atoms with E-state index in [0.29, 0.717) is 18.1 Å². The molecule has 0 aliphatic rings. The van der Waals surface area contributed by atoms with Crippen molar-refractivity contribution in [3.63, 3.8) is 0 Å². The van der Waals surface area contributed by atoms with Crippen LogP contribution in [0.15, 0.2) is 18.2 Å². The normalized spacial score (nSPS) is 10.9. The molecule has 0 radical (unpaired) electrons. The lowest BCUT2D eigenvalue weighted by Gasteiger charge is -2.25. The SMILES string of the molecule is CCOC(=O)C(C)(C)Oc1ccc(O)cc1OC. The summed E-state index contributed by atoms with van der Waals surface area (Å²) in [5.41, 5.74) is -1.12. The fraction of sp³-hybridized carbons (Fsp3) is 0.462. The summed E-state index contributed by atoms with van der Waals surface area (Å²) in [5, 5.41) is 9.33. The Balaban J connectivity index is 2.93. The Bertz CT molecular complexity index is 425. The number of phenolic OH excluding ortho intramolecular Hbond substituents is 1. The molecule has 0 unspecified atom stereocenters. The van der Waals surface area contributed by atoms with E-state index in [1.165, 1.54) is 25.3 Å². The largest absolute Gasteiger partial charge is 0.508 e. The summed E-state index contributed by atoms with van der Waals surface area (Å²) in [6.07, 6.45) is 0. The summed E-state index contributed by atoms with van der Waals surface area (Å²) in [4.78, 5) is 11.7. The highest BCUT2D eigenvalue weighted by Crippen LogP contribution is 2.33. The standard InChI is InChI=1S/C13H18O5/c1-5-17-12(15)13(2,3)18-10-7-6-9(14)8-11(10)16-4/h6-8,14H,5H2,1-4H3. The van der Waals surface area contributed by atoms with Gasteiger partial charge in [-0.05, 0) is 32.9 Å². The third kappa shape index (κ3) is 3.29. The van der Waals surface area contributed by atoms with E-state index >= 15 is 0 Å². The molecule has 1 aromatic carbocycles. The van der Waals surface area contributed by atoms with Crippen molar-refractivity contribution in [1.29, 1.82) is 0 Å². The van der Waals surface area contributed by atoms with Crippen LogP contribution in [0, 0.1) is 0 Å². The Morgan fingerprint density at radius 3 is 2.56 bits per heavy atom. The van der Waals surface area contributed by atoms with Gasteiger partial charge in [-0.2, -0.15) is 0 Å². The number of hydrogen-bond acceptors (Lipinski definition) is 5. The summed E-state index contributed by atoms with van der Waals surface area (Å²) in [6.45, 7) is 5.24. The van der Waals surface area contributed by atoms with Crippen LogP contribution in [0.2, 0.25) is 0 Å². The molecule has 0 fully saturated rings. The van der Waals surface area contributed by atoms with Crippen LogP contribution < -0.4 is 9.47 Å². The molecular formula is C13H18O5. The van der Waals surface area contributed by atoms with Gasteiger partial charge in [0.15, 0.2) is 17.1 Å². The van der Waals surface area contributed by atoms with Gasteiger partial charge in [-0.3, -0.25) is 0 Å². The van der Waals surface area contributed by atoms with Gasteiger partial charge in [0, 0.05) is 6.07 Å². The minimum absolute atomic E-state index is 0.0631. The molecule has 0 saturated heterocycles. The van der Waals surface area contributed by atoms with E-state index in [2.05, 4.69) is 0 Å². The number of hydrogen-bond donors (Lipinski definition) is 1. The van der Waals surface area contributed by atoms with E-state index in [1.807, 2.05) is 0 Å². The molecule has 0 saturated carbocycles. The zero-order valence-corrected chi connectivity index (χ0v) is 11.0. The fourth-order valence-corrected chi connectivity index (χ4v) is 1.36. The minimum Gasteiger partial charge on any atom is -0.508 e. The van der Waals surface area contributed by atoms with Crippen molar-refractivity contribution in [2.75, 3.05) is 13.7 Å². The van der Waals surface area contributed by atoms with Crippen molar-refractivity contribution in [1.82, 2.24) is 0 Å². The third-order valence-electron chi connectivity index (χ3n) is 2.28. The van der Waals surface area contributed by atoms with Crippen LogP contribution in [0.4, 0.5) is 0 Å². The number of aromatic hydroxyl groups is 1. The lowest BCUT2D eigenvalue weighted by Crippen LogP contribution is -2.39. The van der Waals surface area contributed by atoms with Gasteiger partial charge in [0.05, 0.1) is 13.7 Å². The van der Waals surface area contributed by atoms with Crippen molar-refractivity contribution >= 4 is 5.97 Å². The number of rotatable bonds is 5. The van der Waals surface area contributed by atoms with Gasteiger partial charge in [0.2, 0.25) is 0 Å². The molecule has 1 N–H and O–H groups in total. The molecule has 5 heteroatoms. The maximum absolute atomic E-state index is 11.7. The summed E-state index contributed by atoms with van der Waals surface area (Å²) in [5.74, 6) is 0.328. The second-order valence-electron chi connectivity index (χ2n) is 4.17. The second-order valence-corrected chi connectivity index (χ2v) is 4.17. The Labute approximate surface area is 106 Å². The number of esters is 1. The van der Waals surface area contributed by atoms with Crippen molar-refractivity contribution in [2.45, 2.75) is 26.4 Å². The van der Waals surface area contributed by atoms with Crippen molar-refractivity contribution < 1.29 is 24.1 Å². The molecule has 0 amide bonds. The number of phenols is 1. The first-order chi connectivity index (χ1) is 8.40. The first-order valence-electron chi connectivity index (χ1n) is 5.64. The van der Waals surface area contributed by atoms with Gasteiger partial charge in [0.25, 0.3) is 0 Å². The Morgan fingerprint density at radius 2 is 2.00 bits per heavy atom. The monoisotopic (exact) mass is 254 g/mol. The molecule has 1 aromatic rings. The van der Waals surface area contributed by atoms with Crippen LogP contribution in [0.3, 0.4) is 0 Å². The number of carbonyl (C=O) groups is 1. The maximum Gasteiger partial charge on any atom is 0.349 e. The maximum atomic E-state index is 11.7. The first-order valence-corrected chi connectivity index (χ1v) is 5.64. The Morgan fingerprint density at radius 1 is 1.33 bits per heavy atom. The van der Waals surface area contributed by atoms with Gasteiger partial charge >= 0.3 is 5.97 Å². The molecular weight excluding hydrogens is 236 g/mol. The topological polar surface area (TPSA) is 65.0 Å². The van der Waals surface area contributed by atoms with E-state index < -0.39 is 11.6 Å². The van der Waals surface area contributed by atoms with Gasteiger partial charge in [-0.15, -0.1) is 0 Å². The average Bonchev–Trinajstić information content (AvgIpc) is 2.31. The summed E-state index contributed by atoms with van der Waals surface area (Å²) in [7, 11) is 1.46. The van der Waals surface area contributed by atoms with Crippen LogP contribution in [0.1, 0.15) is 20.8 Å². The molecule has 0 aliphatic heterocycles. The lowest BCUT2D eigenvalue weighted by atomic mass is 10.1. The highest BCUT2D eigenvalue weighted by Gasteiger charge is 2.32. The van der Waals surface area contributed by atoms with Gasteiger partial charge in [-0.1, -0.05) is 0 Å². The van der Waals surface area contributed by atoms with Crippen molar-refractivity contribution in [3.8, 4) is 17.2 Å². The van der Waals surface area contributed by atoms with Gasteiger partial charge < -0.3 is 19.3 Å². The van der Waals surface area contributed by atoms with Gasteiger partial charge in [-0.25, -0.2) is 4.79 Å². The quantitative estimate of drug-likeness (QED) is 0.815. The number of carbonyl (C=O) groups excluding carboxylic acids is 1. The highest BCUT2D eigenvalue weighted by molar-refractivity contribution is 5.79. The molecule has 0 heterocycles. The van der Waals surface area contributed by atoms with E-state index in [9.17, 15) is 9.90 Å². The minimum atomic E-state index is -1.12. The molecule has 1 rings (SSSR count). The predicted molar refractivity (Wildman–Crippen MR) is 66.0 cm³/mol. The molecule has 5 nitrogen and oxygen atoms in total. The number of benzene rings is 1. The van der Waals surface area contributed by atoms with Crippen LogP contribution >= 0.6 is 0 Å². The van der Waals surface area contributed by atoms with Crippen molar-refractivity contribution in [3.05, 3.63) is 18.2 Å². The van der Waals surface area contributed by atoms with Crippen LogP contribution in [-0.4, -0.2) is 30.4 Å². The molecule has 0 spiro atoms. The summed E-state index contributed by atoms with van der Waals surface area (Å²) >= 11 is 0. The molecule has 0 bridgehead atoms. The lowest BCUT2D eigenvalue weighted by molar-refractivity contribution is -0.158. The Hall–Kier alpha value is -1.91. The number of methoxy groups -OCH3 is 1. The molecule has 0 aliphatic carbocycles. The fourth-order valence-electron chi connectivity index (χ4n) is 1.36. The smallest absolute Gasteiger partial charge is 0.349 e. The Kier molecular flexibility index (Phi) is 4.42. The second kappa shape index (κ2) is 5.62. The summed E-state index contributed by atoms with van der Waals surface area (Å²) < 4.78 is 15.6. The van der Waals surface area contributed by atoms with Crippen LogP contribution in [0.5, 0.6) is 17.2 Å². The zero-order valence-electron chi connectivity index (χ0n) is 11.0. The third-order valence-corrected chi connectivity index (χ3v) is 2.28. The summed E-state index contributed by atoms with van der Waals surface area (Å²) in [6, 6.07) is 4.41. The van der Waals surface area contributed by atoms with E-state index in [1.54, 1.807) is 20.8 Å². The molecule has 100 valence electrons. The molecule has 0 atom stereocenters. The number of ether oxygens (including phenoxy) is 3. The highest BCUT2D eigenvalue weighted by atomic mass is 16.6. The van der Waals surface area contributed by atoms with Crippen LogP contribution in [-0.2, 0) is 9.53 Å². The van der Waals surface area contributed by atoms with E-state index in [4.69, 9.17) is 14.2 Å². The van der Waals surface area contributed by atoms with Crippen molar-refractivity contribution in [2.24, 2.45) is 0 Å². The first kappa shape index (κ1) is 14.2. The van der Waals surface area contributed by atoms with Gasteiger partial charge in [0.1, 0.15) is 5.75 Å². The predicted octanol–water partition coefficient (Wildman–Crippen LogP) is 2.12. The average molecular weight is 254 g/mol. The zero-order chi connectivity index (χ0) is 13.8.